The third-order valence-corrected chi connectivity index (χ3v) is 7.96. The van der Waals surface area contributed by atoms with Gasteiger partial charge in [-0.2, -0.15) is 0 Å². The molecule has 166 valence electrons. The summed E-state index contributed by atoms with van der Waals surface area (Å²) in [4.78, 5) is 13.0. The quantitative estimate of drug-likeness (QED) is 0.652. The highest BCUT2D eigenvalue weighted by Gasteiger charge is 2.34. The number of amides is 1. The first-order valence-corrected chi connectivity index (χ1v) is 12.5. The van der Waals surface area contributed by atoms with Gasteiger partial charge in [0.25, 0.3) is 5.91 Å². The number of benzene rings is 2. The van der Waals surface area contributed by atoms with Gasteiger partial charge >= 0.3 is 0 Å². The van der Waals surface area contributed by atoms with Crippen LogP contribution in [0.5, 0.6) is 5.75 Å². The van der Waals surface area contributed by atoms with Crippen LogP contribution in [0.25, 0.3) is 0 Å². The molecule has 2 fully saturated rings. The standard InChI is InChI=1S/C24H30N2O4S/c1-30-21-11-7-19(8-12-21)24(15-3-2-4-16-24)17-25-23(27)18-5-13-22(14-6-18)31(28,29)26-20-9-10-20/h5-8,11-14,20,26H,2-4,9-10,15-17H2,1H3,(H,25,27). The number of carbonyl (C=O) groups excluding carboxylic acids is 1. The molecule has 0 saturated heterocycles. The van der Waals surface area contributed by atoms with Gasteiger partial charge in [-0.3, -0.25) is 4.79 Å². The molecule has 2 aromatic carbocycles. The maximum Gasteiger partial charge on any atom is 0.251 e. The van der Waals surface area contributed by atoms with Crippen molar-refractivity contribution >= 4 is 15.9 Å². The molecule has 1 amide bonds. The van der Waals surface area contributed by atoms with Gasteiger partial charge in [-0.05, 0) is 67.6 Å². The van der Waals surface area contributed by atoms with E-state index in [1.165, 1.54) is 24.1 Å². The second-order valence-corrected chi connectivity index (χ2v) is 10.4. The highest BCUT2D eigenvalue weighted by molar-refractivity contribution is 7.89. The lowest BCUT2D eigenvalue weighted by molar-refractivity contribution is 0.0936. The molecule has 0 heterocycles. The molecule has 0 atom stereocenters. The molecule has 2 aliphatic carbocycles. The molecule has 0 aromatic heterocycles. The van der Waals surface area contributed by atoms with Gasteiger partial charge in [-0.1, -0.05) is 31.4 Å². The van der Waals surface area contributed by atoms with E-state index in [2.05, 4.69) is 22.2 Å². The second kappa shape index (κ2) is 9.01. The van der Waals surface area contributed by atoms with Crippen molar-refractivity contribution in [1.82, 2.24) is 10.0 Å². The third kappa shape index (κ3) is 5.10. The molecule has 0 aliphatic heterocycles. The van der Waals surface area contributed by atoms with Crippen LogP contribution in [0.15, 0.2) is 53.4 Å². The maximum atomic E-state index is 12.8. The summed E-state index contributed by atoms with van der Waals surface area (Å²) >= 11 is 0. The van der Waals surface area contributed by atoms with Gasteiger partial charge in [0, 0.05) is 23.6 Å². The summed E-state index contributed by atoms with van der Waals surface area (Å²) in [5.41, 5.74) is 1.60. The van der Waals surface area contributed by atoms with Crippen LogP contribution in [0.2, 0.25) is 0 Å². The number of rotatable bonds is 8. The lowest BCUT2D eigenvalue weighted by Crippen LogP contribution is -2.42. The average molecular weight is 443 g/mol. The molecular weight excluding hydrogens is 412 g/mol. The summed E-state index contributed by atoms with van der Waals surface area (Å²) in [7, 11) is -1.86. The topological polar surface area (TPSA) is 84.5 Å². The Balaban J connectivity index is 1.45. The van der Waals surface area contributed by atoms with Gasteiger partial charge in [0.1, 0.15) is 5.75 Å². The van der Waals surface area contributed by atoms with Gasteiger partial charge in [-0.25, -0.2) is 13.1 Å². The Morgan fingerprint density at radius 2 is 1.65 bits per heavy atom. The average Bonchev–Trinajstić information content (AvgIpc) is 3.61. The molecule has 0 unspecified atom stereocenters. The molecule has 0 bridgehead atoms. The van der Waals surface area contributed by atoms with Crippen LogP contribution >= 0.6 is 0 Å². The Morgan fingerprint density at radius 3 is 2.23 bits per heavy atom. The van der Waals surface area contributed by atoms with Gasteiger partial charge in [0.15, 0.2) is 0 Å². The smallest absolute Gasteiger partial charge is 0.251 e. The minimum absolute atomic E-state index is 0.0533. The normalized spacial score (nSPS) is 18.4. The van der Waals surface area contributed by atoms with Crippen LogP contribution < -0.4 is 14.8 Å². The van der Waals surface area contributed by atoms with Gasteiger partial charge in [-0.15, -0.1) is 0 Å². The fourth-order valence-electron chi connectivity index (χ4n) is 4.37. The fourth-order valence-corrected chi connectivity index (χ4v) is 5.67. The Hall–Kier alpha value is -2.38. The first kappa shape index (κ1) is 21.8. The Kier molecular flexibility index (Phi) is 6.34. The SMILES string of the molecule is COc1ccc(C2(CNC(=O)c3ccc(S(=O)(=O)NC4CC4)cc3)CCCCC2)cc1. The Morgan fingerprint density at radius 1 is 1.00 bits per heavy atom. The molecule has 2 saturated carbocycles. The van der Waals surface area contributed by atoms with E-state index in [4.69, 9.17) is 4.74 Å². The molecule has 6 nitrogen and oxygen atoms in total. The molecule has 7 heteroatoms. The molecule has 2 aliphatic rings. The predicted molar refractivity (Wildman–Crippen MR) is 120 cm³/mol. The zero-order chi connectivity index (χ0) is 21.9. The van der Waals surface area contributed by atoms with Crippen LogP contribution in [0, 0.1) is 0 Å². The zero-order valence-corrected chi connectivity index (χ0v) is 18.7. The molecule has 0 spiro atoms. The van der Waals surface area contributed by atoms with Crippen molar-refractivity contribution in [2.24, 2.45) is 0 Å². The van der Waals surface area contributed by atoms with Crippen LogP contribution in [-0.2, 0) is 15.4 Å². The number of sulfonamides is 1. The number of hydrogen-bond donors (Lipinski definition) is 2. The van der Waals surface area contributed by atoms with E-state index in [9.17, 15) is 13.2 Å². The largest absolute Gasteiger partial charge is 0.497 e. The van der Waals surface area contributed by atoms with Gasteiger partial charge in [0.2, 0.25) is 10.0 Å². The van der Waals surface area contributed by atoms with Crippen LogP contribution in [0.1, 0.15) is 60.9 Å². The molecule has 31 heavy (non-hydrogen) atoms. The summed E-state index contributed by atoms with van der Waals surface area (Å²) in [5, 5.41) is 3.10. The van der Waals surface area contributed by atoms with E-state index < -0.39 is 10.0 Å². The lowest BCUT2D eigenvalue weighted by Gasteiger charge is -2.38. The molecule has 4 rings (SSSR count). The lowest BCUT2D eigenvalue weighted by atomic mass is 9.69. The van der Waals surface area contributed by atoms with E-state index >= 15 is 0 Å². The summed E-state index contributed by atoms with van der Waals surface area (Å²) in [6.07, 6.45) is 7.33. The van der Waals surface area contributed by atoms with E-state index in [1.807, 2.05) is 12.1 Å². The maximum absolute atomic E-state index is 12.8. The fraction of sp³-hybridized carbons (Fsp3) is 0.458. The summed E-state index contributed by atoms with van der Waals surface area (Å²) in [6.45, 7) is 0.557. The number of hydrogen-bond acceptors (Lipinski definition) is 4. The number of carbonyl (C=O) groups is 1. The van der Waals surface area contributed by atoms with E-state index in [-0.39, 0.29) is 22.3 Å². The minimum atomic E-state index is -3.51. The minimum Gasteiger partial charge on any atom is -0.497 e. The van der Waals surface area contributed by atoms with E-state index in [1.54, 1.807) is 19.2 Å². The van der Waals surface area contributed by atoms with Gasteiger partial charge in [0.05, 0.1) is 12.0 Å². The monoisotopic (exact) mass is 442 g/mol. The number of ether oxygens (including phenoxy) is 1. The molecule has 0 radical (unpaired) electrons. The van der Waals surface area contributed by atoms with Crippen molar-refractivity contribution in [3.05, 3.63) is 59.7 Å². The molecule has 2 N–H and O–H groups in total. The van der Waals surface area contributed by atoms with Crippen molar-refractivity contribution < 1.29 is 17.9 Å². The molecule has 2 aromatic rings. The van der Waals surface area contributed by atoms with Gasteiger partial charge < -0.3 is 10.1 Å². The molecular formula is C24H30N2O4S. The highest BCUT2D eigenvalue weighted by atomic mass is 32.2. The first-order valence-electron chi connectivity index (χ1n) is 11.0. The summed E-state index contributed by atoms with van der Waals surface area (Å²) in [5.74, 6) is 0.641. The van der Waals surface area contributed by atoms with Crippen molar-refractivity contribution in [2.75, 3.05) is 13.7 Å². The first-order chi connectivity index (χ1) is 14.9. The van der Waals surface area contributed by atoms with E-state index in [0.717, 1.165) is 44.3 Å². The van der Waals surface area contributed by atoms with Crippen molar-refractivity contribution in [2.45, 2.75) is 61.3 Å². The summed E-state index contributed by atoms with van der Waals surface area (Å²) in [6, 6.07) is 14.4. The van der Waals surface area contributed by atoms with Crippen LogP contribution in [0.3, 0.4) is 0 Å². The van der Waals surface area contributed by atoms with Crippen molar-refractivity contribution in [3.63, 3.8) is 0 Å². The second-order valence-electron chi connectivity index (χ2n) is 8.67. The van der Waals surface area contributed by atoms with Crippen molar-refractivity contribution in [3.8, 4) is 5.75 Å². The predicted octanol–water partition coefficient (Wildman–Crippen LogP) is 3.77. The number of nitrogens with one attached hydrogen (secondary N) is 2. The Bertz CT molecular complexity index is 1010. The van der Waals surface area contributed by atoms with Crippen molar-refractivity contribution in [1.29, 1.82) is 0 Å². The third-order valence-electron chi connectivity index (χ3n) is 6.43. The zero-order valence-electron chi connectivity index (χ0n) is 17.9. The van der Waals surface area contributed by atoms with E-state index in [0.29, 0.717) is 12.1 Å². The Labute approximate surface area is 184 Å². The number of methoxy groups -OCH3 is 1. The summed E-state index contributed by atoms with van der Waals surface area (Å²) < 4.78 is 32.6. The highest BCUT2D eigenvalue weighted by Crippen LogP contribution is 2.39. The van der Waals surface area contributed by atoms with Crippen LogP contribution in [0.4, 0.5) is 0 Å². The van der Waals surface area contributed by atoms with Crippen LogP contribution in [-0.4, -0.2) is 34.0 Å².